The Bertz CT molecular complexity index is 668. The minimum Gasteiger partial charge on any atom is -0.284 e. The first-order chi connectivity index (χ1) is 10.4. The lowest BCUT2D eigenvalue weighted by Crippen LogP contribution is -2.13. The van der Waals surface area contributed by atoms with Crippen molar-refractivity contribution in [2.45, 2.75) is 20.8 Å². The maximum atomic E-state index is 10.8. The third kappa shape index (κ3) is 4.25. The predicted molar refractivity (Wildman–Crippen MR) is 89.5 cm³/mol. The Morgan fingerprint density at radius 1 is 1.00 bits per heavy atom. The zero-order valence-electron chi connectivity index (χ0n) is 13.1. The van der Waals surface area contributed by atoms with Crippen LogP contribution < -0.4 is 0 Å². The molecule has 0 bridgehead atoms. The van der Waals surface area contributed by atoms with E-state index in [1.807, 2.05) is 30.3 Å². The maximum absolute atomic E-state index is 10.8. The summed E-state index contributed by atoms with van der Waals surface area (Å²) in [5, 5.41) is 10.8. The molecule has 0 spiro atoms. The van der Waals surface area contributed by atoms with E-state index in [2.05, 4.69) is 20.8 Å². The van der Waals surface area contributed by atoms with E-state index in [-0.39, 0.29) is 11.1 Å². The topological polar surface area (TPSA) is 55.5 Å². The summed E-state index contributed by atoms with van der Waals surface area (Å²) in [7, 11) is 0. The number of non-ortho nitro benzene ring substituents is 1. The van der Waals surface area contributed by atoms with E-state index in [9.17, 15) is 10.1 Å². The Morgan fingerprint density at radius 2 is 1.55 bits per heavy atom. The van der Waals surface area contributed by atoms with Gasteiger partial charge < -0.3 is 0 Å². The van der Waals surface area contributed by atoms with Crippen LogP contribution in [-0.4, -0.2) is 17.2 Å². The molecule has 0 amide bonds. The van der Waals surface area contributed by atoms with Gasteiger partial charge in [0.05, 0.1) is 10.6 Å². The monoisotopic (exact) mass is 296 g/mol. The summed E-state index contributed by atoms with van der Waals surface area (Å²) in [5.74, 6) is 0. The molecule has 0 aromatic heterocycles. The highest BCUT2D eigenvalue weighted by atomic mass is 16.6. The second-order valence-electron chi connectivity index (χ2n) is 6.40. The average molecular weight is 296 g/mol. The fourth-order valence-electron chi connectivity index (χ4n) is 2.00. The van der Waals surface area contributed by atoms with Crippen LogP contribution in [0.15, 0.2) is 59.6 Å². The number of hydrogen-bond acceptors (Lipinski definition) is 3. The largest absolute Gasteiger partial charge is 0.284 e. The first-order valence-electron chi connectivity index (χ1n) is 7.21. The highest BCUT2D eigenvalue weighted by Gasteiger charge is 2.13. The summed E-state index contributed by atoms with van der Waals surface area (Å²) >= 11 is 0. The van der Waals surface area contributed by atoms with E-state index in [0.29, 0.717) is 6.54 Å². The van der Waals surface area contributed by atoms with Crippen molar-refractivity contribution >= 4 is 11.4 Å². The van der Waals surface area contributed by atoms with Gasteiger partial charge in [0.15, 0.2) is 0 Å². The van der Waals surface area contributed by atoms with Gasteiger partial charge in [0.2, 0.25) is 0 Å². The molecule has 0 aliphatic rings. The molecule has 0 aliphatic carbocycles. The van der Waals surface area contributed by atoms with Crippen molar-refractivity contribution in [3.05, 3.63) is 75.8 Å². The van der Waals surface area contributed by atoms with Crippen molar-refractivity contribution in [2.75, 3.05) is 6.54 Å². The van der Waals surface area contributed by atoms with Crippen molar-refractivity contribution < 1.29 is 4.92 Å². The van der Waals surface area contributed by atoms with Gasteiger partial charge in [-0.2, -0.15) is 0 Å². The molecule has 2 rings (SSSR count). The molecule has 0 atom stereocenters. The van der Waals surface area contributed by atoms with Gasteiger partial charge in [0.1, 0.15) is 0 Å². The van der Waals surface area contributed by atoms with Gasteiger partial charge in [-0.15, -0.1) is 0 Å². The fraction of sp³-hybridized carbons (Fsp3) is 0.278. The van der Waals surface area contributed by atoms with Crippen molar-refractivity contribution in [1.29, 1.82) is 0 Å². The SMILES string of the molecule is CC(C)(C)CN=C(c1ccccc1)c1ccc([N+](=O)[O-])cc1. The normalized spacial score (nSPS) is 12.2. The second kappa shape index (κ2) is 6.52. The van der Waals surface area contributed by atoms with E-state index in [1.54, 1.807) is 12.1 Å². The lowest BCUT2D eigenvalue weighted by molar-refractivity contribution is -0.384. The number of nitro groups is 1. The van der Waals surface area contributed by atoms with Gasteiger partial charge in [-0.25, -0.2) is 0 Å². The zero-order chi connectivity index (χ0) is 16.2. The predicted octanol–water partition coefficient (Wildman–Crippen LogP) is 4.48. The molecule has 0 radical (unpaired) electrons. The summed E-state index contributed by atoms with van der Waals surface area (Å²) in [6, 6.07) is 16.4. The summed E-state index contributed by atoms with van der Waals surface area (Å²) in [5.41, 5.74) is 2.94. The van der Waals surface area contributed by atoms with Crippen LogP contribution >= 0.6 is 0 Å². The Balaban J connectivity index is 2.42. The number of benzene rings is 2. The van der Waals surface area contributed by atoms with Gasteiger partial charge in [-0.05, 0) is 17.5 Å². The zero-order valence-corrected chi connectivity index (χ0v) is 13.1. The summed E-state index contributed by atoms with van der Waals surface area (Å²) in [6.07, 6.45) is 0. The van der Waals surface area contributed by atoms with E-state index in [1.165, 1.54) is 12.1 Å². The minimum absolute atomic E-state index is 0.0841. The third-order valence-corrected chi connectivity index (χ3v) is 3.11. The van der Waals surface area contributed by atoms with Gasteiger partial charge in [0.25, 0.3) is 5.69 Å². The minimum atomic E-state index is -0.391. The van der Waals surface area contributed by atoms with Crippen molar-refractivity contribution in [1.82, 2.24) is 0 Å². The second-order valence-corrected chi connectivity index (χ2v) is 6.40. The smallest absolute Gasteiger partial charge is 0.269 e. The first kappa shape index (κ1) is 15.9. The van der Waals surface area contributed by atoms with Crippen LogP contribution in [0.2, 0.25) is 0 Å². The summed E-state index contributed by atoms with van der Waals surface area (Å²) in [6.45, 7) is 7.09. The maximum Gasteiger partial charge on any atom is 0.269 e. The van der Waals surface area contributed by atoms with E-state index in [4.69, 9.17) is 4.99 Å². The number of hydrogen-bond donors (Lipinski definition) is 0. The van der Waals surface area contributed by atoms with Crippen LogP contribution in [0.1, 0.15) is 31.9 Å². The number of rotatable bonds is 4. The van der Waals surface area contributed by atoms with E-state index in [0.717, 1.165) is 16.8 Å². The van der Waals surface area contributed by atoms with Crippen LogP contribution in [0, 0.1) is 15.5 Å². The quantitative estimate of drug-likeness (QED) is 0.474. The molecular formula is C18H20N2O2. The number of nitrogens with zero attached hydrogens (tertiary/aromatic N) is 2. The Hall–Kier alpha value is -2.49. The highest BCUT2D eigenvalue weighted by molar-refractivity contribution is 6.13. The molecule has 2 aromatic carbocycles. The average Bonchev–Trinajstić information content (AvgIpc) is 2.48. The Morgan fingerprint density at radius 3 is 2.05 bits per heavy atom. The molecule has 0 saturated heterocycles. The molecule has 22 heavy (non-hydrogen) atoms. The van der Waals surface area contributed by atoms with E-state index < -0.39 is 4.92 Å². The Kier molecular flexibility index (Phi) is 4.71. The number of nitro benzene ring substituents is 1. The summed E-state index contributed by atoms with van der Waals surface area (Å²) < 4.78 is 0. The van der Waals surface area contributed by atoms with Crippen LogP contribution in [0.3, 0.4) is 0 Å². The lowest BCUT2D eigenvalue weighted by atomic mass is 9.96. The van der Waals surface area contributed by atoms with Crippen molar-refractivity contribution in [2.24, 2.45) is 10.4 Å². The van der Waals surface area contributed by atoms with E-state index >= 15 is 0 Å². The van der Waals surface area contributed by atoms with Crippen LogP contribution in [0.5, 0.6) is 0 Å². The van der Waals surface area contributed by atoms with Crippen molar-refractivity contribution in [3.8, 4) is 0 Å². The molecule has 0 heterocycles. The highest BCUT2D eigenvalue weighted by Crippen LogP contribution is 2.19. The molecule has 2 aromatic rings. The molecule has 0 unspecified atom stereocenters. The van der Waals surface area contributed by atoms with Crippen LogP contribution in [0.25, 0.3) is 0 Å². The molecule has 0 N–H and O–H groups in total. The molecule has 114 valence electrons. The fourth-order valence-corrected chi connectivity index (χ4v) is 2.00. The lowest BCUT2D eigenvalue weighted by Gasteiger charge is -2.16. The molecule has 0 aliphatic heterocycles. The molecular weight excluding hydrogens is 276 g/mol. The third-order valence-electron chi connectivity index (χ3n) is 3.11. The van der Waals surface area contributed by atoms with Gasteiger partial charge in [0, 0.05) is 29.8 Å². The van der Waals surface area contributed by atoms with Crippen LogP contribution in [0.4, 0.5) is 5.69 Å². The Labute approximate surface area is 130 Å². The standard InChI is InChI=1S/C18H20N2O2/c1-18(2,3)13-19-17(14-7-5-4-6-8-14)15-9-11-16(12-10-15)20(21)22/h4-12H,13H2,1-3H3. The van der Waals surface area contributed by atoms with Gasteiger partial charge in [-0.1, -0.05) is 51.1 Å². The first-order valence-corrected chi connectivity index (χ1v) is 7.21. The summed E-state index contributed by atoms with van der Waals surface area (Å²) in [4.78, 5) is 15.2. The molecule has 4 nitrogen and oxygen atoms in total. The van der Waals surface area contributed by atoms with Gasteiger partial charge in [-0.3, -0.25) is 15.1 Å². The van der Waals surface area contributed by atoms with Gasteiger partial charge >= 0.3 is 0 Å². The van der Waals surface area contributed by atoms with Crippen LogP contribution in [-0.2, 0) is 0 Å². The molecule has 0 fully saturated rings. The van der Waals surface area contributed by atoms with Crippen molar-refractivity contribution in [3.63, 3.8) is 0 Å². The molecule has 4 heteroatoms. The number of aliphatic imine (C=N–C) groups is 1. The molecule has 0 saturated carbocycles.